The number of rotatable bonds is 7. The van der Waals surface area contributed by atoms with Gasteiger partial charge in [-0.15, -0.1) is 0 Å². The molecule has 0 heterocycles. The summed E-state index contributed by atoms with van der Waals surface area (Å²) in [6, 6.07) is 20.2. The van der Waals surface area contributed by atoms with Crippen LogP contribution in [0.15, 0.2) is 66.7 Å². The number of aryl methyl sites for hydroxylation is 2. The molecule has 1 unspecified atom stereocenters. The van der Waals surface area contributed by atoms with E-state index in [4.69, 9.17) is 12.7 Å². The van der Waals surface area contributed by atoms with Crippen molar-refractivity contribution < 1.29 is 15.0 Å². The van der Waals surface area contributed by atoms with E-state index in [9.17, 15) is 15.0 Å². The number of para-hydroxylation sites is 2. The highest BCUT2D eigenvalue weighted by atomic mass is 16.3. The maximum absolute atomic E-state index is 14.0. The van der Waals surface area contributed by atoms with E-state index >= 15 is 0 Å². The lowest BCUT2D eigenvalue weighted by Gasteiger charge is -2.33. The second-order valence-corrected chi connectivity index (χ2v) is 8.44. The summed E-state index contributed by atoms with van der Waals surface area (Å²) >= 11 is 0. The number of nitrogens with two attached hydrogens (primary N) is 1. The van der Waals surface area contributed by atoms with E-state index < -0.39 is 12.7 Å². The molecule has 3 aromatic rings. The van der Waals surface area contributed by atoms with Crippen molar-refractivity contribution in [2.75, 3.05) is 23.8 Å². The van der Waals surface area contributed by atoms with Crippen molar-refractivity contribution in [3.63, 3.8) is 0 Å². The Labute approximate surface area is 194 Å². The second kappa shape index (κ2) is 10.1. The SMILES string of the molecule is [CH]c1ccc(CN(CC(O)CO)C(=O)N(c2ccc3c(c2)CCC3)c2ccccc2N)cc1. The van der Waals surface area contributed by atoms with E-state index in [0.717, 1.165) is 30.5 Å². The number of aliphatic hydroxyl groups is 2. The lowest BCUT2D eigenvalue weighted by Crippen LogP contribution is -2.45. The van der Waals surface area contributed by atoms with Crippen molar-refractivity contribution in [1.82, 2.24) is 4.90 Å². The monoisotopic (exact) mass is 443 g/mol. The summed E-state index contributed by atoms with van der Waals surface area (Å²) in [7, 11) is 0. The average Bonchev–Trinajstić information content (AvgIpc) is 3.29. The first kappa shape index (κ1) is 22.8. The number of aliphatic hydroxyl groups excluding tert-OH is 2. The molecule has 3 aromatic carbocycles. The van der Waals surface area contributed by atoms with Crippen LogP contribution in [0.1, 0.15) is 28.7 Å². The van der Waals surface area contributed by atoms with Crippen LogP contribution in [-0.4, -0.2) is 40.4 Å². The fourth-order valence-electron chi connectivity index (χ4n) is 4.25. The number of carbonyl (C=O) groups is 1. The Morgan fingerprint density at radius 1 is 1.03 bits per heavy atom. The van der Waals surface area contributed by atoms with E-state index in [0.29, 0.717) is 16.9 Å². The number of anilines is 3. The van der Waals surface area contributed by atoms with Crippen LogP contribution < -0.4 is 10.6 Å². The number of urea groups is 1. The number of hydrogen-bond donors (Lipinski definition) is 3. The lowest BCUT2D eigenvalue weighted by molar-refractivity contribution is 0.0673. The van der Waals surface area contributed by atoms with Crippen molar-refractivity contribution >= 4 is 23.1 Å². The van der Waals surface area contributed by atoms with E-state index in [1.54, 1.807) is 23.1 Å². The summed E-state index contributed by atoms with van der Waals surface area (Å²) in [6.45, 7) is 5.57. The van der Waals surface area contributed by atoms with Crippen molar-refractivity contribution in [1.29, 1.82) is 0 Å². The third-order valence-electron chi connectivity index (χ3n) is 5.97. The Bertz CT molecular complexity index is 1110. The van der Waals surface area contributed by atoms with Crippen molar-refractivity contribution in [2.24, 2.45) is 0 Å². The zero-order valence-corrected chi connectivity index (χ0v) is 18.5. The van der Waals surface area contributed by atoms with Crippen LogP contribution in [0.2, 0.25) is 0 Å². The van der Waals surface area contributed by atoms with Gasteiger partial charge in [-0.25, -0.2) is 4.79 Å². The third-order valence-corrected chi connectivity index (χ3v) is 5.97. The van der Waals surface area contributed by atoms with Gasteiger partial charge in [0, 0.05) is 6.54 Å². The van der Waals surface area contributed by atoms with Crippen molar-refractivity contribution in [3.8, 4) is 0 Å². The number of nitrogens with zero attached hydrogens (tertiary/aromatic N) is 2. The van der Waals surface area contributed by atoms with E-state index in [-0.39, 0.29) is 19.1 Å². The van der Waals surface area contributed by atoms with Gasteiger partial charge in [0.05, 0.1) is 36.3 Å². The topological polar surface area (TPSA) is 90.0 Å². The summed E-state index contributed by atoms with van der Waals surface area (Å²) in [5.74, 6) is 0. The molecule has 0 saturated heterocycles. The maximum atomic E-state index is 14.0. The number of hydrogen-bond acceptors (Lipinski definition) is 4. The number of amides is 2. The van der Waals surface area contributed by atoms with Crippen LogP contribution in [0.25, 0.3) is 0 Å². The molecule has 1 aliphatic carbocycles. The first-order valence-corrected chi connectivity index (χ1v) is 11.1. The lowest BCUT2D eigenvalue weighted by atomic mass is 10.1. The molecule has 2 amide bonds. The molecule has 0 bridgehead atoms. The summed E-state index contributed by atoms with van der Waals surface area (Å²) in [5.41, 5.74) is 12.1. The Hall–Kier alpha value is -3.35. The zero-order valence-electron chi connectivity index (χ0n) is 18.5. The van der Waals surface area contributed by atoms with Gasteiger partial charge in [0.1, 0.15) is 0 Å². The predicted octanol–water partition coefficient (Wildman–Crippen LogP) is 3.93. The van der Waals surface area contributed by atoms with Crippen LogP contribution in [0.4, 0.5) is 21.9 Å². The molecule has 0 spiro atoms. The van der Waals surface area contributed by atoms with Gasteiger partial charge in [-0.2, -0.15) is 0 Å². The Balaban J connectivity index is 1.75. The van der Waals surface area contributed by atoms with Crippen LogP contribution in [0.3, 0.4) is 0 Å². The second-order valence-electron chi connectivity index (χ2n) is 8.44. The molecule has 1 aliphatic rings. The minimum Gasteiger partial charge on any atom is -0.397 e. The van der Waals surface area contributed by atoms with Gasteiger partial charge < -0.3 is 20.8 Å². The quantitative estimate of drug-likeness (QED) is 0.483. The fraction of sp³-hybridized carbons (Fsp3) is 0.259. The van der Waals surface area contributed by atoms with Gasteiger partial charge in [0.15, 0.2) is 0 Å². The molecule has 0 fully saturated rings. The highest BCUT2D eigenvalue weighted by molar-refractivity contribution is 6.02. The first-order chi connectivity index (χ1) is 16.0. The molecule has 170 valence electrons. The molecular weight excluding hydrogens is 414 g/mol. The molecule has 0 aliphatic heterocycles. The van der Waals surface area contributed by atoms with Crippen LogP contribution in [0.5, 0.6) is 0 Å². The molecule has 4 rings (SSSR count). The highest BCUT2D eigenvalue weighted by Gasteiger charge is 2.28. The fourth-order valence-corrected chi connectivity index (χ4v) is 4.25. The minimum atomic E-state index is -1.07. The molecule has 6 nitrogen and oxygen atoms in total. The van der Waals surface area contributed by atoms with E-state index in [1.807, 2.05) is 36.4 Å². The number of nitrogen functional groups attached to an aromatic ring is 1. The van der Waals surface area contributed by atoms with Gasteiger partial charge in [-0.05, 0) is 72.7 Å². The van der Waals surface area contributed by atoms with Gasteiger partial charge in [0.2, 0.25) is 0 Å². The van der Waals surface area contributed by atoms with Crippen LogP contribution >= 0.6 is 0 Å². The minimum absolute atomic E-state index is 0.0338. The smallest absolute Gasteiger partial charge is 0.329 e. The standard InChI is InChI=1S/C27H29N3O3/c1-19-9-11-20(12-10-19)16-29(17-24(32)18-31)27(33)30(26-8-3-2-7-25(26)28)23-14-13-21-5-4-6-22(21)15-23/h1-3,7-15,24,31-32H,4-6,16-18,28H2. The Morgan fingerprint density at radius 3 is 2.48 bits per heavy atom. The highest BCUT2D eigenvalue weighted by Crippen LogP contribution is 2.35. The normalized spacial score (nSPS) is 13.4. The summed E-state index contributed by atoms with van der Waals surface area (Å²) in [4.78, 5) is 17.1. The Kier molecular flexibility index (Phi) is 6.96. The largest absolute Gasteiger partial charge is 0.397 e. The van der Waals surface area contributed by atoms with Gasteiger partial charge in [-0.3, -0.25) is 4.90 Å². The predicted molar refractivity (Wildman–Crippen MR) is 130 cm³/mol. The maximum Gasteiger partial charge on any atom is 0.329 e. The van der Waals surface area contributed by atoms with Gasteiger partial charge in [0.25, 0.3) is 0 Å². The molecule has 2 radical (unpaired) electrons. The molecule has 6 heteroatoms. The molecular formula is C27H29N3O3. The van der Waals surface area contributed by atoms with E-state index in [2.05, 4.69) is 12.1 Å². The summed E-state index contributed by atoms with van der Waals surface area (Å²) < 4.78 is 0. The van der Waals surface area contributed by atoms with Crippen LogP contribution in [0, 0.1) is 6.92 Å². The Morgan fingerprint density at radius 2 is 1.76 bits per heavy atom. The number of fused-ring (bicyclic) bond motifs is 1. The number of benzene rings is 3. The van der Waals surface area contributed by atoms with Gasteiger partial charge >= 0.3 is 6.03 Å². The van der Waals surface area contributed by atoms with Crippen molar-refractivity contribution in [2.45, 2.75) is 31.9 Å². The average molecular weight is 444 g/mol. The van der Waals surface area contributed by atoms with Crippen LogP contribution in [-0.2, 0) is 19.4 Å². The molecule has 1 atom stereocenters. The van der Waals surface area contributed by atoms with E-state index in [1.165, 1.54) is 16.0 Å². The molecule has 0 aromatic heterocycles. The zero-order chi connectivity index (χ0) is 23.4. The number of carbonyl (C=O) groups excluding carboxylic acids is 1. The molecule has 4 N–H and O–H groups in total. The molecule has 0 saturated carbocycles. The first-order valence-electron chi connectivity index (χ1n) is 11.1. The van der Waals surface area contributed by atoms with Crippen molar-refractivity contribution in [3.05, 3.63) is 95.9 Å². The molecule has 33 heavy (non-hydrogen) atoms. The summed E-state index contributed by atoms with van der Waals surface area (Å²) in [6.07, 6.45) is 2.06. The van der Waals surface area contributed by atoms with Gasteiger partial charge in [-0.1, -0.05) is 42.5 Å². The third kappa shape index (κ3) is 5.18. The summed E-state index contributed by atoms with van der Waals surface area (Å²) in [5, 5.41) is 19.6.